The van der Waals surface area contributed by atoms with E-state index in [1.807, 2.05) is 32.0 Å². The average molecular weight is 405 g/mol. The lowest BCUT2D eigenvalue weighted by Crippen LogP contribution is -3.04. The van der Waals surface area contributed by atoms with Crippen LogP contribution in [0.4, 0.5) is 0 Å². The fourth-order valence-corrected chi connectivity index (χ4v) is 3.95. The number of aryl methyl sites for hydroxylation is 2. The van der Waals surface area contributed by atoms with E-state index in [0.29, 0.717) is 6.54 Å². The van der Waals surface area contributed by atoms with Crippen LogP contribution in [0.2, 0.25) is 0 Å². The van der Waals surface area contributed by atoms with Crippen molar-refractivity contribution in [3.8, 4) is 0 Å². The predicted molar refractivity (Wildman–Crippen MR) is 111 cm³/mol. The maximum absolute atomic E-state index is 12.4. The van der Waals surface area contributed by atoms with E-state index in [0.717, 1.165) is 23.2 Å². The molecule has 0 aromatic heterocycles. The molecule has 0 bridgehead atoms. The van der Waals surface area contributed by atoms with Gasteiger partial charge in [0.2, 0.25) is 15.9 Å². The molecule has 6 nitrogen and oxygen atoms in total. The Morgan fingerprint density at radius 1 is 1.00 bits per heavy atom. The molecule has 0 radical (unpaired) electrons. The van der Waals surface area contributed by atoms with E-state index < -0.39 is 10.0 Å². The van der Waals surface area contributed by atoms with Gasteiger partial charge in [0, 0.05) is 25.1 Å². The minimum atomic E-state index is -3.62. The third-order valence-electron chi connectivity index (χ3n) is 4.57. The summed E-state index contributed by atoms with van der Waals surface area (Å²) >= 11 is 0. The van der Waals surface area contributed by atoms with E-state index in [-0.39, 0.29) is 23.8 Å². The first-order valence-corrected chi connectivity index (χ1v) is 10.9. The highest BCUT2D eigenvalue weighted by Crippen LogP contribution is 2.14. The van der Waals surface area contributed by atoms with Crippen LogP contribution in [-0.4, -0.2) is 35.0 Å². The lowest BCUT2D eigenvalue weighted by atomic mass is 10.1. The van der Waals surface area contributed by atoms with Gasteiger partial charge in [0.25, 0.3) is 0 Å². The number of hydrogen-bond donors (Lipinski definition) is 3. The highest BCUT2D eigenvalue weighted by Gasteiger charge is 2.15. The van der Waals surface area contributed by atoms with Gasteiger partial charge in [-0.25, -0.2) is 13.1 Å². The number of carbonyl (C=O) groups excluding carboxylic acids is 1. The van der Waals surface area contributed by atoms with E-state index in [4.69, 9.17) is 0 Å². The van der Waals surface area contributed by atoms with Gasteiger partial charge in [-0.2, -0.15) is 0 Å². The van der Waals surface area contributed by atoms with Crippen LogP contribution in [0.15, 0.2) is 47.4 Å². The summed E-state index contributed by atoms with van der Waals surface area (Å²) in [5.41, 5.74) is 4.22. The minimum absolute atomic E-state index is 0.0601. The number of carbonyl (C=O) groups is 1. The molecule has 7 heteroatoms. The smallest absolute Gasteiger partial charge is 0.240 e. The van der Waals surface area contributed by atoms with Gasteiger partial charge in [0.1, 0.15) is 6.54 Å². The summed E-state index contributed by atoms with van der Waals surface area (Å²) in [4.78, 5) is 13.6. The molecular weight excluding hydrogens is 374 g/mol. The van der Waals surface area contributed by atoms with E-state index in [9.17, 15) is 13.2 Å². The molecule has 0 unspecified atom stereocenters. The molecule has 0 aliphatic carbocycles. The second-order valence-electron chi connectivity index (χ2n) is 7.32. The van der Waals surface area contributed by atoms with Gasteiger partial charge < -0.3 is 10.2 Å². The number of benzene rings is 2. The van der Waals surface area contributed by atoms with Gasteiger partial charge in [-0.15, -0.1) is 0 Å². The SMILES string of the molecule is Cc1ccc(S(=O)(=O)NCCC(=O)NCc2ccccc2C[NH+](C)C)cc1C. The van der Waals surface area contributed by atoms with Crippen LogP contribution in [0.3, 0.4) is 0 Å². The number of amides is 1. The molecule has 0 atom stereocenters. The van der Waals surface area contributed by atoms with Gasteiger partial charge in [-0.05, 0) is 42.7 Å². The first-order valence-electron chi connectivity index (χ1n) is 9.38. The van der Waals surface area contributed by atoms with E-state index >= 15 is 0 Å². The Kier molecular flexibility index (Phi) is 7.74. The summed E-state index contributed by atoms with van der Waals surface area (Å²) in [6.45, 7) is 5.18. The number of sulfonamides is 1. The van der Waals surface area contributed by atoms with Gasteiger partial charge in [0.05, 0.1) is 19.0 Å². The topological polar surface area (TPSA) is 79.7 Å². The molecule has 152 valence electrons. The van der Waals surface area contributed by atoms with Crippen molar-refractivity contribution in [1.29, 1.82) is 0 Å². The van der Waals surface area contributed by atoms with Crippen molar-refractivity contribution < 1.29 is 18.1 Å². The van der Waals surface area contributed by atoms with Crippen molar-refractivity contribution in [2.45, 2.75) is 38.3 Å². The molecule has 0 saturated heterocycles. The first kappa shape index (κ1) is 22.1. The summed E-state index contributed by atoms with van der Waals surface area (Å²) < 4.78 is 27.2. The molecule has 0 fully saturated rings. The third kappa shape index (κ3) is 6.44. The van der Waals surface area contributed by atoms with Gasteiger partial charge in [0.15, 0.2) is 0 Å². The van der Waals surface area contributed by atoms with Crippen LogP contribution in [0.25, 0.3) is 0 Å². The highest BCUT2D eigenvalue weighted by molar-refractivity contribution is 7.89. The lowest BCUT2D eigenvalue weighted by Gasteiger charge is -2.13. The van der Waals surface area contributed by atoms with Crippen LogP contribution in [0.1, 0.15) is 28.7 Å². The summed E-state index contributed by atoms with van der Waals surface area (Å²) in [6, 6.07) is 13.0. The number of quaternary nitrogens is 1. The van der Waals surface area contributed by atoms with Crippen molar-refractivity contribution in [2.75, 3.05) is 20.6 Å². The fraction of sp³-hybridized carbons (Fsp3) is 0.381. The number of rotatable bonds is 9. The van der Waals surface area contributed by atoms with E-state index in [2.05, 4.69) is 30.2 Å². The largest absolute Gasteiger partial charge is 0.352 e. The number of hydrogen-bond acceptors (Lipinski definition) is 3. The molecule has 0 aliphatic heterocycles. The monoisotopic (exact) mass is 404 g/mol. The second kappa shape index (κ2) is 9.82. The summed E-state index contributed by atoms with van der Waals surface area (Å²) in [5.74, 6) is -0.185. The molecule has 0 saturated carbocycles. The van der Waals surface area contributed by atoms with Crippen molar-refractivity contribution in [2.24, 2.45) is 0 Å². The zero-order valence-corrected chi connectivity index (χ0v) is 17.8. The minimum Gasteiger partial charge on any atom is -0.352 e. The maximum atomic E-state index is 12.4. The maximum Gasteiger partial charge on any atom is 0.240 e. The third-order valence-corrected chi connectivity index (χ3v) is 6.03. The Hall–Kier alpha value is -2.22. The van der Waals surface area contributed by atoms with E-state index in [1.54, 1.807) is 18.2 Å². The predicted octanol–water partition coefficient (Wildman–Crippen LogP) is 0.933. The lowest BCUT2D eigenvalue weighted by molar-refractivity contribution is -0.872. The molecule has 2 aromatic carbocycles. The molecule has 1 amide bonds. The standard InChI is InChI=1S/C21H29N3O3S/c1-16-9-10-20(13-17(16)2)28(26,27)23-12-11-21(25)22-14-18-7-5-6-8-19(18)15-24(3)4/h5-10,13,23H,11-12,14-15H2,1-4H3,(H,22,25)/p+1. The fourth-order valence-electron chi connectivity index (χ4n) is 2.83. The Bertz CT molecular complexity index is 924. The molecule has 0 heterocycles. The molecule has 2 aromatic rings. The van der Waals surface area contributed by atoms with Crippen molar-refractivity contribution >= 4 is 15.9 Å². The molecule has 0 spiro atoms. The number of nitrogens with one attached hydrogen (secondary N) is 3. The molecule has 0 aliphatic rings. The first-order chi connectivity index (χ1) is 13.2. The van der Waals surface area contributed by atoms with Gasteiger partial charge >= 0.3 is 0 Å². The van der Waals surface area contributed by atoms with Crippen LogP contribution < -0.4 is 14.9 Å². The van der Waals surface area contributed by atoms with Crippen LogP contribution >= 0.6 is 0 Å². The molecule has 28 heavy (non-hydrogen) atoms. The van der Waals surface area contributed by atoms with E-state index in [1.165, 1.54) is 10.5 Å². The van der Waals surface area contributed by atoms with Crippen molar-refractivity contribution in [3.05, 3.63) is 64.7 Å². The molecular formula is C21H30N3O3S+. The average Bonchev–Trinajstić information content (AvgIpc) is 2.62. The highest BCUT2D eigenvalue weighted by atomic mass is 32.2. The Balaban J connectivity index is 1.85. The Morgan fingerprint density at radius 3 is 2.32 bits per heavy atom. The molecule has 3 N–H and O–H groups in total. The summed E-state index contributed by atoms with van der Waals surface area (Å²) in [6.07, 6.45) is 0.0885. The summed E-state index contributed by atoms with van der Waals surface area (Å²) in [7, 11) is 0.545. The zero-order chi connectivity index (χ0) is 20.7. The van der Waals surface area contributed by atoms with Gasteiger partial charge in [-0.3, -0.25) is 4.79 Å². The van der Waals surface area contributed by atoms with Crippen LogP contribution in [0, 0.1) is 13.8 Å². The second-order valence-corrected chi connectivity index (χ2v) is 9.09. The van der Waals surface area contributed by atoms with Gasteiger partial charge in [-0.1, -0.05) is 30.3 Å². The Labute approximate surface area is 168 Å². The van der Waals surface area contributed by atoms with Crippen LogP contribution in [-0.2, 0) is 27.9 Å². The zero-order valence-electron chi connectivity index (χ0n) is 17.0. The molecule has 2 rings (SSSR count). The van der Waals surface area contributed by atoms with Crippen molar-refractivity contribution in [3.63, 3.8) is 0 Å². The normalized spacial score (nSPS) is 11.6. The Morgan fingerprint density at radius 2 is 1.68 bits per heavy atom. The quantitative estimate of drug-likeness (QED) is 0.582. The van der Waals surface area contributed by atoms with Crippen molar-refractivity contribution in [1.82, 2.24) is 10.0 Å². The summed E-state index contributed by atoms with van der Waals surface area (Å²) in [5, 5.41) is 2.87. The van der Waals surface area contributed by atoms with Crippen LogP contribution in [0.5, 0.6) is 0 Å².